The molecule has 0 saturated carbocycles. The van der Waals surface area contributed by atoms with Gasteiger partial charge in [0.25, 0.3) is 0 Å². The third kappa shape index (κ3) is 4.92. The van der Waals surface area contributed by atoms with Crippen molar-refractivity contribution in [1.29, 1.82) is 0 Å². The highest BCUT2D eigenvalue weighted by atomic mass is 15.1. The number of nitrogens with zero attached hydrogens (tertiary/aromatic N) is 1. The Kier molecular flexibility index (Phi) is 5.22. The lowest BCUT2D eigenvalue weighted by Crippen LogP contribution is -2.49. The fraction of sp³-hybridized carbons (Fsp3) is 0.667. The van der Waals surface area contributed by atoms with Crippen LogP contribution in [0.2, 0.25) is 0 Å². The first-order valence-electron chi connectivity index (χ1n) is 7.99. The van der Waals surface area contributed by atoms with Gasteiger partial charge in [-0.05, 0) is 58.2 Å². The van der Waals surface area contributed by atoms with Gasteiger partial charge in [-0.1, -0.05) is 37.3 Å². The number of hydrogen-bond donors (Lipinski definition) is 1. The summed E-state index contributed by atoms with van der Waals surface area (Å²) in [5, 5.41) is 3.74. The maximum Gasteiger partial charge on any atom is 0.00991 e. The standard InChI is InChI=1S/C18H30N2/c1-15(16-8-6-5-7-9-16)14-20-12-10-17(11-13-20)19-18(2,3)4/h5-9,15,17,19H,10-14H2,1-4H3. The molecule has 20 heavy (non-hydrogen) atoms. The van der Waals surface area contributed by atoms with E-state index in [4.69, 9.17) is 0 Å². The maximum atomic E-state index is 3.74. The SMILES string of the molecule is CC(CN1CCC(NC(C)(C)C)CC1)c1ccccc1. The van der Waals surface area contributed by atoms with Gasteiger partial charge in [0.2, 0.25) is 0 Å². The van der Waals surface area contributed by atoms with Crippen molar-refractivity contribution >= 4 is 0 Å². The van der Waals surface area contributed by atoms with Gasteiger partial charge >= 0.3 is 0 Å². The van der Waals surface area contributed by atoms with Gasteiger partial charge in [0, 0.05) is 18.1 Å². The quantitative estimate of drug-likeness (QED) is 0.901. The second-order valence-electron chi connectivity index (χ2n) is 7.28. The van der Waals surface area contributed by atoms with E-state index in [1.807, 2.05) is 0 Å². The fourth-order valence-corrected chi connectivity index (χ4v) is 3.15. The second kappa shape index (κ2) is 6.73. The number of nitrogens with one attached hydrogen (secondary N) is 1. The van der Waals surface area contributed by atoms with Crippen LogP contribution in [0.4, 0.5) is 0 Å². The van der Waals surface area contributed by atoms with Gasteiger partial charge in [-0.3, -0.25) is 0 Å². The third-order valence-corrected chi connectivity index (χ3v) is 4.13. The number of rotatable bonds is 4. The van der Waals surface area contributed by atoms with Crippen molar-refractivity contribution in [2.45, 2.75) is 58.0 Å². The van der Waals surface area contributed by atoms with Gasteiger partial charge in [0.15, 0.2) is 0 Å². The zero-order valence-electron chi connectivity index (χ0n) is 13.5. The van der Waals surface area contributed by atoms with Crippen LogP contribution in [0.15, 0.2) is 30.3 Å². The predicted octanol–water partition coefficient (Wildman–Crippen LogP) is 3.64. The summed E-state index contributed by atoms with van der Waals surface area (Å²) in [6.07, 6.45) is 2.55. The van der Waals surface area contributed by atoms with E-state index in [0.29, 0.717) is 12.0 Å². The first kappa shape index (κ1) is 15.5. The molecule has 2 nitrogen and oxygen atoms in total. The van der Waals surface area contributed by atoms with Crippen molar-refractivity contribution in [3.63, 3.8) is 0 Å². The Balaban J connectivity index is 1.77. The second-order valence-corrected chi connectivity index (χ2v) is 7.28. The zero-order valence-corrected chi connectivity index (χ0v) is 13.5. The van der Waals surface area contributed by atoms with E-state index in [2.05, 4.69) is 68.2 Å². The van der Waals surface area contributed by atoms with E-state index in [9.17, 15) is 0 Å². The Morgan fingerprint density at radius 2 is 1.75 bits per heavy atom. The molecule has 1 N–H and O–H groups in total. The molecule has 1 aliphatic heterocycles. The largest absolute Gasteiger partial charge is 0.309 e. The Labute approximate surface area is 124 Å². The molecule has 1 aromatic carbocycles. The Morgan fingerprint density at radius 3 is 2.30 bits per heavy atom. The van der Waals surface area contributed by atoms with E-state index in [1.165, 1.54) is 38.0 Å². The minimum atomic E-state index is 0.240. The number of piperidine rings is 1. The van der Waals surface area contributed by atoms with E-state index in [0.717, 1.165) is 0 Å². The lowest BCUT2D eigenvalue weighted by Gasteiger charge is -2.37. The van der Waals surface area contributed by atoms with Crippen molar-refractivity contribution in [2.24, 2.45) is 0 Å². The van der Waals surface area contributed by atoms with Crippen LogP contribution in [0.25, 0.3) is 0 Å². The molecular weight excluding hydrogens is 244 g/mol. The average Bonchev–Trinajstić information content (AvgIpc) is 2.40. The van der Waals surface area contributed by atoms with Gasteiger partial charge in [-0.2, -0.15) is 0 Å². The molecule has 0 radical (unpaired) electrons. The highest BCUT2D eigenvalue weighted by molar-refractivity contribution is 5.19. The molecule has 1 heterocycles. The third-order valence-electron chi connectivity index (χ3n) is 4.13. The summed E-state index contributed by atoms with van der Waals surface area (Å²) in [5.74, 6) is 0.628. The summed E-state index contributed by atoms with van der Waals surface area (Å²) in [4.78, 5) is 2.62. The van der Waals surface area contributed by atoms with E-state index in [1.54, 1.807) is 0 Å². The first-order chi connectivity index (χ1) is 9.44. The fourth-order valence-electron chi connectivity index (χ4n) is 3.15. The Morgan fingerprint density at radius 1 is 1.15 bits per heavy atom. The topological polar surface area (TPSA) is 15.3 Å². The van der Waals surface area contributed by atoms with E-state index in [-0.39, 0.29) is 5.54 Å². The lowest BCUT2D eigenvalue weighted by molar-refractivity contribution is 0.175. The van der Waals surface area contributed by atoms with Crippen molar-refractivity contribution < 1.29 is 0 Å². The van der Waals surface area contributed by atoms with Crippen molar-refractivity contribution in [3.05, 3.63) is 35.9 Å². The number of benzene rings is 1. The molecule has 0 amide bonds. The molecule has 0 spiro atoms. The van der Waals surface area contributed by atoms with Crippen LogP contribution in [-0.2, 0) is 0 Å². The number of hydrogen-bond acceptors (Lipinski definition) is 2. The molecule has 1 aromatic rings. The van der Waals surface area contributed by atoms with Crippen molar-refractivity contribution in [3.8, 4) is 0 Å². The smallest absolute Gasteiger partial charge is 0.00991 e. The summed E-state index contributed by atoms with van der Waals surface area (Å²) in [6, 6.07) is 11.6. The highest BCUT2D eigenvalue weighted by Gasteiger charge is 2.23. The minimum Gasteiger partial charge on any atom is -0.309 e. The molecule has 2 rings (SSSR count). The molecule has 1 saturated heterocycles. The highest BCUT2D eigenvalue weighted by Crippen LogP contribution is 2.20. The van der Waals surface area contributed by atoms with Crippen LogP contribution in [0, 0.1) is 0 Å². The first-order valence-corrected chi connectivity index (χ1v) is 7.99. The Bertz CT molecular complexity index is 386. The molecule has 1 unspecified atom stereocenters. The summed E-state index contributed by atoms with van der Waals surface area (Å²) in [5.41, 5.74) is 1.70. The molecule has 0 bridgehead atoms. The van der Waals surface area contributed by atoms with Crippen LogP contribution < -0.4 is 5.32 Å². The van der Waals surface area contributed by atoms with Gasteiger partial charge < -0.3 is 10.2 Å². The summed E-state index contributed by atoms with van der Waals surface area (Å²) >= 11 is 0. The van der Waals surface area contributed by atoms with E-state index >= 15 is 0 Å². The maximum absolute atomic E-state index is 3.74. The van der Waals surface area contributed by atoms with Crippen molar-refractivity contribution in [2.75, 3.05) is 19.6 Å². The van der Waals surface area contributed by atoms with Crippen LogP contribution >= 0.6 is 0 Å². The van der Waals surface area contributed by atoms with Gasteiger partial charge in [-0.15, -0.1) is 0 Å². The molecule has 112 valence electrons. The molecule has 2 heteroatoms. The monoisotopic (exact) mass is 274 g/mol. The normalized spacial score (nSPS) is 20.0. The van der Waals surface area contributed by atoms with Gasteiger partial charge in [-0.25, -0.2) is 0 Å². The van der Waals surface area contributed by atoms with Gasteiger partial charge in [0.05, 0.1) is 0 Å². The number of likely N-dealkylation sites (tertiary alicyclic amines) is 1. The van der Waals surface area contributed by atoms with Gasteiger partial charge in [0.1, 0.15) is 0 Å². The Hall–Kier alpha value is -0.860. The average molecular weight is 274 g/mol. The minimum absolute atomic E-state index is 0.240. The van der Waals surface area contributed by atoms with Crippen LogP contribution in [0.1, 0.15) is 52.0 Å². The van der Waals surface area contributed by atoms with E-state index < -0.39 is 0 Å². The summed E-state index contributed by atoms with van der Waals surface area (Å²) < 4.78 is 0. The molecule has 1 aliphatic rings. The summed E-state index contributed by atoms with van der Waals surface area (Å²) in [7, 11) is 0. The molecular formula is C18H30N2. The predicted molar refractivity (Wildman–Crippen MR) is 87.2 cm³/mol. The molecule has 0 aliphatic carbocycles. The summed E-state index contributed by atoms with van der Waals surface area (Å²) in [6.45, 7) is 12.8. The van der Waals surface area contributed by atoms with Crippen molar-refractivity contribution in [1.82, 2.24) is 10.2 Å². The van der Waals surface area contributed by atoms with Crippen LogP contribution in [0.3, 0.4) is 0 Å². The van der Waals surface area contributed by atoms with Crippen LogP contribution in [-0.4, -0.2) is 36.1 Å². The van der Waals surface area contributed by atoms with Crippen LogP contribution in [0.5, 0.6) is 0 Å². The molecule has 1 atom stereocenters. The molecule has 1 fully saturated rings. The lowest BCUT2D eigenvalue weighted by atomic mass is 9.97. The molecule has 0 aromatic heterocycles. The zero-order chi connectivity index (χ0) is 14.6.